The SMILES string of the molecule is COc1ccc(CNC(=O)CNc2ccc(F)cc2)cc1OC. The first kappa shape index (κ1) is 16.6. The number of hydrogen-bond donors (Lipinski definition) is 2. The predicted molar refractivity (Wildman–Crippen MR) is 86.3 cm³/mol. The van der Waals surface area contributed by atoms with E-state index in [1.54, 1.807) is 32.4 Å². The highest BCUT2D eigenvalue weighted by molar-refractivity contribution is 5.80. The molecule has 0 aliphatic carbocycles. The Hall–Kier alpha value is -2.76. The molecule has 2 aromatic carbocycles. The van der Waals surface area contributed by atoms with Crippen LogP contribution in [0.15, 0.2) is 42.5 Å². The molecule has 122 valence electrons. The monoisotopic (exact) mass is 318 g/mol. The van der Waals surface area contributed by atoms with Crippen molar-refractivity contribution < 1.29 is 18.7 Å². The fraction of sp³-hybridized carbons (Fsp3) is 0.235. The van der Waals surface area contributed by atoms with Gasteiger partial charge < -0.3 is 20.1 Å². The van der Waals surface area contributed by atoms with Crippen LogP contribution in [0.3, 0.4) is 0 Å². The Kier molecular flexibility index (Phi) is 5.80. The third kappa shape index (κ3) is 4.88. The first-order valence-corrected chi connectivity index (χ1v) is 7.09. The van der Waals surface area contributed by atoms with Gasteiger partial charge in [-0.15, -0.1) is 0 Å². The molecular formula is C17H19FN2O3. The second-order valence-electron chi connectivity index (χ2n) is 4.83. The maximum absolute atomic E-state index is 12.8. The highest BCUT2D eigenvalue weighted by Crippen LogP contribution is 2.27. The van der Waals surface area contributed by atoms with Crippen LogP contribution in [0.25, 0.3) is 0 Å². The summed E-state index contributed by atoms with van der Waals surface area (Å²) in [6.07, 6.45) is 0. The molecule has 5 nitrogen and oxygen atoms in total. The van der Waals surface area contributed by atoms with Crippen molar-refractivity contribution in [3.63, 3.8) is 0 Å². The van der Waals surface area contributed by atoms with Crippen molar-refractivity contribution in [1.82, 2.24) is 5.32 Å². The Balaban J connectivity index is 1.83. The maximum Gasteiger partial charge on any atom is 0.239 e. The van der Waals surface area contributed by atoms with Gasteiger partial charge in [-0.05, 0) is 42.0 Å². The Morgan fingerprint density at radius 2 is 1.74 bits per heavy atom. The third-order valence-electron chi connectivity index (χ3n) is 3.23. The van der Waals surface area contributed by atoms with Crippen molar-refractivity contribution in [2.24, 2.45) is 0 Å². The summed E-state index contributed by atoms with van der Waals surface area (Å²) in [6.45, 7) is 0.489. The predicted octanol–water partition coefficient (Wildman–Crippen LogP) is 2.57. The number of benzene rings is 2. The second-order valence-corrected chi connectivity index (χ2v) is 4.83. The summed E-state index contributed by atoms with van der Waals surface area (Å²) < 4.78 is 23.2. The van der Waals surface area contributed by atoms with Crippen LogP contribution >= 0.6 is 0 Å². The number of nitrogens with one attached hydrogen (secondary N) is 2. The maximum atomic E-state index is 12.8. The quantitative estimate of drug-likeness (QED) is 0.824. The van der Waals surface area contributed by atoms with Gasteiger partial charge in [0.05, 0.1) is 20.8 Å². The zero-order chi connectivity index (χ0) is 16.7. The van der Waals surface area contributed by atoms with E-state index >= 15 is 0 Å². The Labute approximate surface area is 134 Å². The largest absolute Gasteiger partial charge is 0.493 e. The van der Waals surface area contributed by atoms with Crippen LogP contribution in [0.2, 0.25) is 0 Å². The van der Waals surface area contributed by atoms with Crippen LogP contribution < -0.4 is 20.1 Å². The van der Waals surface area contributed by atoms with Gasteiger partial charge in [0.2, 0.25) is 5.91 Å². The first-order valence-electron chi connectivity index (χ1n) is 7.09. The minimum absolute atomic E-state index is 0.110. The normalized spacial score (nSPS) is 10.0. The fourth-order valence-electron chi connectivity index (χ4n) is 2.00. The number of ether oxygens (including phenoxy) is 2. The molecule has 6 heteroatoms. The molecule has 0 heterocycles. The number of rotatable bonds is 7. The molecule has 0 atom stereocenters. The molecule has 0 bridgehead atoms. The molecule has 0 aromatic heterocycles. The smallest absolute Gasteiger partial charge is 0.239 e. The molecule has 0 unspecified atom stereocenters. The van der Waals surface area contributed by atoms with E-state index in [1.807, 2.05) is 12.1 Å². The van der Waals surface area contributed by atoms with Crippen LogP contribution in [0.4, 0.5) is 10.1 Å². The molecule has 2 aromatic rings. The minimum atomic E-state index is -0.312. The first-order chi connectivity index (χ1) is 11.1. The van der Waals surface area contributed by atoms with E-state index in [9.17, 15) is 9.18 Å². The van der Waals surface area contributed by atoms with E-state index in [0.29, 0.717) is 23.7 Å². The van der Waals surface area contributed by atoms with Gasteiger partial charge in [-0.25, -0.2) is 4.39 Å². The van der Waals surface area contributed by atoms with Gasteiger partial charge in [-0.2, -0.15) is 0 Å². The van der Waals surface area contributed by atoms with Crippen LogP contribution in [0, 0.1) is 5.82 Å². The summed E-state index contributed by atoms with van der Waals surface area (Å²) in [6, 6.07) is 11.3. The summed E-state index contributed by atoms with van der Waals surface area (Å²) >= 11 is 0. The van der Waals surface area contributed by atoms with E-state index in [0.717, 1.165) is 5.56 Å². The van der Waals surface area contributed by atoms with Crippen molar-refractivity contribution in [3.8, 4) is 11.5 Å². The number of hydrogen-bond acceptors (Lipinski definition) is 4. The van der Waals surface area contributed by atoms with Crippen LogP contribution in [0.5, 0.6) is 11.5 Å². The zero-order valence-electron chi connectivity index (χ0n) is 13.1. The average molecular weight is 318 g/mol. The molecule has 0 saturated heterocycles. The van der Waals surface area contributed by atoms with Crippen molar-refractivity contribution in [2.45, 2.75) is 6.54 Å². The summed E-state index contributed by atoms with van der Waals surface area (Å²) in [4.78, 5) is 11.8. The summed E-state index contributed by atoms with van der Waals surface area (Å²) in [5.41, 5.74) is 1.59. The Morgan fingerprint density at radius 3 is 2.39 bits per heavy atom. The number of carbonyl (C=O) groups excluding carboxylic acids is 1. The number of anilines is 1. The zero-order valence-corrected chi connectivity index (χ0v) is 13.1. The molecule has 0 aliphatic heterocycles. The van der Waals surface area contributed by atoms with Gasteiger partial charge in [0, 0.05) is 12.2 Å². The number of methoxy groups -OCH3 is 2. The van der Waals surface area contributed by atoms with Gasteiger partial charge in [0.15, 0.2) is 11.5 Å². The Bertz CT molecular complexity index is 659. The fourth-order valence-corrected chi connectivity index (χ4v) is 2.00. The van der Waals surface area contributed by atoms with Crippen LogP contribution in [-0.4, -0.2) is 26.7 Å². The van der Waals surface area contributed by atoms with Gasteiger partial charge in [-0.3, -0.25) is 4.79 Å². The standard InChI is InChI=1S/C17H19FN2O3/c1-22-15-8-3-12(9-16(15)23-2)10-20-17(21)11-19-14-6-4-13(18)5-7-14/h3-9,19H,10-11H2,1-2H3,(H,20,21). The van der Waals surface area contributed by atoms with Crippen molar-refractivity contribution in [1.29, 1.82) is 0 Å². The molecule has 0 aliphatic rings. The summed E-state index contributed by atoms with van der Waals surface area (Å²) in [7, 11) is 3.13. The second kappa shape index (κ2) is 8.03. The molecule has 0 radical (unpaired) electrons. The lowest BCUT2D eigenvalue weighted by atomic mass is 10.2. The van der Waals surface area contributed by atoms with E-state index in [4.69, 9.17) is 9.47 Å². The van der Waals surface area contributed by atoms with Crippen LogP contribution in [-0.2, 0) is 11.3 Å². The molecule has 0 fully saturated rings. The van der Waals surface area contributed by atoms with E-state index in [-0.39, 0.29) is 18.3 Å². The molecule has 2 rings (SSSR count). The molecular weight excluding hydrogens is 299 g/mol. The van der Waals surface area contributed by atoms with E-state index in [1.165, 1.54) is 12.1 Å². The molecule has 23 heavy (non-hydrogen) atoms. The van der Waals surface area contributed by atoms with E-state index in [2.05, 4.69) is 10.6 Å². The minimum Gasteiger partial charge on any atom is -0.493 e. The van der Waals surface area contributed by atoms with Gasteiger partial charge in [0.25, 0.3) is 0 Å². The Morgan fingerprint density at radius 1 is 1.04 bits per heavy atom. The van der Waals surface area contributed by atoms with Crippen molar-refractivity contribution in [2.75, 3.05) is 26.1 Å². The lowest BCUT2D eigenvalue weighted by Crippen LogP contribution is -2.29. The lowest BCUT2D eigenvalue weighted by molar-refractivity contribution is -0.119. The van der Waals surface area contributed by atoms with Crippen molar-refractivity contribution in [3.05, 3.63) is 53.8 Å². The molecule has 1 amide bonds. The highest BCUT2D eigenvalue weighted by Gasteiger charge is 2.06. The lowest BCUT2D eigenvalue weighted by Gasteiger charge is -2.11. The summed E-state index contributed by atoms with van der Waals surface area (Å²) in [5.74, 6) is 0.779. The summed E-state index contributed by atoms with van der Waals surface area (Å²) in [5, 5.41) is 5.72. The number of halogens is 1. The molecule has 2 N–H and O–H groups in total. The van der Waals surface area contributed by atoms with Crippen molar-refractivity contribution >= 4 is 11.6 Å². The van der Waals surface area contributed by atoms with Gasteiger partial charge in [-0.1, -0.05) is 6.07 Å². The van der Waals surface area contributed by atoms with E-state index < -0.39 is 0 Å². The number of amides is 1. The average Bonchev–Trinajstić information content (AvgIpc) is 2.59. The molecule has 0 spiro atoms. The van der Waals surface area contributed by atoms with Gasteiger partial charge >= 0.3 is 0 Å². The molecule has 0 saturated carbocycles. The highest BCUT2D eigenvalue weighted by atomic mass is 19.1. The van der Waals surface area contributed by atoms with Gasteiger partial charge in [0.1, 0.15) is 5.82 Å². The van der Waals surface area contributed by atoms with Crippen LogP contribution in [0.1, 0.15) is 5.56 Å². The topological polar surface area (TPSA) is 59.6 Å². The third-order valence-corrected chi connectivity index (χ3v) is 3.23. The number of carbonyl (C=O) groups is 1.